The van der Waals surface area contributed by atoms with Gasteiger partial charge in [-0.3, -0.25) is 14.4 Å². The molecule has 174 valence electrons. The number of likely N-dealkylation sites (tertiary alicyclic amines) is 1. The number of nitrogens with zero attached hydrogens (tertiary/aromatic N) is 1. The third-order valence-electron chi connectivity index (χ3n) is 5.64. The largest absolute Gasteiger partial charge is 0.454 e. The molecule has 0 unspecified atom stereocenters. The van der Waals surface area contributed by atoms with Crippen LogP contribution in [0.4, 0.5) is 5.69 Å². The van der Waals surface area contributed by atoms with Crippen LogP contribution in [-0.2, 0) is 4.74 Å². The second-order valence-corrected chi connectivity index (χ2v) is 8.17. The molecule has 0 bridgehead atoms. The maximum absolute atomic E-state index is 12.7. The fourth-order valence-electron chi connectivity index (χ4n) is 3.81. The van der Waals surface area contributed by atoms with Gasteiger partial charge in [0.25, 0.3) is 11.8 Å². The highest BCUT2D eigenvalue weighted by atomic mass is 16.5. The quantitative estimate of drug-likeness (QED) is 0.412. The first-order valence-corrected chi connectivity index (χ1v) is 11.1. The number of carbonyl (C=O) groups is 4. The number of hydrogen-bond acceptors (Lipinski definition) is 5. The number of benzene rings is 2. The molecule has 0 atom stereocenters. The zero-order valence-electron chi connectivity index (χ0n) is 18.8. The molecule has 2 amide bonds. The van der Waals surface area contributed by atoms with Crippen molar-refractivity contribution in [3.63, 3.8) is 0 Å². The van der Waals surface area contributed by atoms with E-state index in [-0.39, 0.29) is 28.6 Å². The van der Waals surface area contributed by atoms with E-state index < -0.39 is 18.4 Å². The third kappa shape index (κ3) is 5.23. The number of aromatic amines is 1. The smallest absolute Gasteiger partial charge is 0.340 e. The number of ketones is 1. The number of anilines is 1. The van der Waals surface area contributed by atoms with Gasteiger partial charge in [0.15, 0.2) is 6.61 Å². The summed E-state index contributed by atoms with van der Waals surface area (Å²) in [5.41, 5.74) is 2.41. The fourth-order valence-corrected chi connectivity index (χ4v) is 3.81. The van der Waals surface area contributed by atoms with E-state index in [0.717, 1.165) is 18.4 Å². The average molecular weight is 460 g/mol. The second-order valence-electron chi connectivity index (χ2n) is 8.17. The summed E-state index contributed by atoms with van der Waals surface area (Å²) in [7, 11) is 0. The fraction of sp³-hybridized carbons (Fsp3) is 0.231. The average Bonchev–Trinajstić information content (AvgIpc) is 3.55. The van der Waals surface area contributed by atoms with E-state index in [4.69, 9.17) is 4.74 Å². The summed E-state index contributed by atoms with van der Waals surface area (Å²) in [6.45, 7) is 2.81. The van der Waals surface area contributed by atoms with E-state index in [0.29, 0.717) is 24.3 Å². The monoisotopic (exact) mass is 459 g/mol. The van der Waals surface area contributed by atoms with Crippen molar-refractivity contribution in [1.29, 1.82) is 0 Å². The predicted molar refractivity (Wildman–Crippen MR) is 126 cm³/mol. The summed E-state index contributed by atoms with van der Waals surface area (Å²) in [5.74, 6) is -1.68. The number of aryl methyl sites for hydroxylation is 1. The summed E-state index contributed by atoms with van der Waals surface area (Å²) >= 11 is 0. The lowest BCUT2D eigenvalue weighted by Crippen LogP contribution is -2.27. The van der Waals surface area contributed by atoms with Crippen LogP contribution in [0.25, 0.3) is 0 Å². The summed E-state index contributed by atoms with van der Waals surface area (Å²) in [6.07, 6.45) is 3.39. The number of esters is 1. The summed E-state index contributed by atoms with van der Waals surface area (Å²) in [4.78, 5) is 54.8. The molecular weight excluding hydrogens is 434 g/mol. The minimum absolute atomic E-state index is 0.135. The number of para-hydroxylation sites is 1. The molecule has 4 rings (SSSR count). The lowest BCUT2D eigenvalue weighted by atomic mass is 10.1. The topological polar surface area (TPSA) is 109 Å². The van der Waals surface area contributed by atoms with Crippen LogP contribution in [0.2, 0.25) is 0 Å². The van der Waals surface area contributed by atoms with Crippen molar-refractivity contribution >= 4 is 29.3 Å². The minimum Gasteiger partial charge on any atom is -0.454 e. The molecule has 34 heavy (non-hydrogen) atoms. The van der Waals surface area contributed by atoms with Crippen LogP contribution in [0.15, 0.2) is 60.8 Å². The number of Topliss-reactive ketones (excluding diaryl/α,β-unsaturated/α-hetero) is 1. The van der Waals surface area contributed by atoms with Crippen LogP contribution in [0, 0.1) is 6.92 Å². The van der Waals surface area contributed by atoms with Crippen LogP contribution in [-0.4, -0.2) is 53.1 Å². The molecular formula is C26H25N3O5. The van der Waals surface area contributed by atoms with Crippen molar-refractivity contribution < 1.29 is 23.9 Å². The van der Waals surface area contributed by atoms with Gasteiger partial charge in [0, 0.05) is 30.4 Å². The second kappa shape index (κ2) is 10.2. The van der Waals surface area contributed by atoms with Crippen LogP contribution < -0.4 is 5.32 Å². The molecule has 2 N–H and O–H groups in total. The van der Waals surface area contributed by atoms with Crippen molar-refractivity contribution in [3.05, 3.63) is 88.7 Å². The minimum atomic E-state index is -0.739. The normalized spacial score (nSPS) is 12.9. The molecule has 1 aliphatic rings. The highest BCUT2D eigenvalue weighted by Crippen LogP contribution is 2.19. The Bertz CT molecular complexity index is 1240. The van der Waals surface area contributed by atoms with Gasteiger partial charge in [0.05, 0.1) is 11.3 Å². The summed E-state index contributed by atoms with van der Waals surface area (Å²) in [5, 5.41) is 2.72. The van der Waals surface area contributed by atoms with E-state index in [1.165, 1.54) is 18.3 Å². The number of nitrogens with one attached hydrogen (secondary N) is 2. The molecule has 1 saturated heterocycles. The molecule has 3 aromatic rings. The molecule has 1 aromatic heterocycles. The van der Waals surface area contributed by atoms with Crippen molar-refractivity contribution in [2.45, 2.75) is 19.8 Å². The Morgan fingerprint density at radius 1 is 0.971 bits per heavy atom. The number of aromatic nitrogens is 1. The highest BCUT2D eigenvalue weighted by molar-refractivity contribution is 6.08. The van der Waals surface area contributed by atoms with Crippen molar-refractivity contribution in [2.75, 3.05) is 25.0 Å². The SMILES string of the molecule is Cc1cccc(C(=O)Nc2ccccc2C(=O)OCC(=O)c2c[nH]c(C(=O)N3CCCC3)c2)c1. The summed E-state index contributed by atoms with van der Waals surface area (Å²) in [6, 6.07) is 15.0. The van der Waals surface area contributed by atoms with E-state index in [9.17, 15) is 19.2 Å². The number of ether oxygens (including phenoxy) is 1. The molecule has 2 aromatic carbocycles. The Kier molecular flexibility index (Phi) is 6.87. The van der Waals surface area contributed by atoms with Crippen LogP contribution in [0.5, 0.6) is 0 Å². The number of hydrogen-bond donors (Lipinski definition) is 2. The van der Waals surface area contributed by atoms with Crippen LogP contribution in [0.3, 0.4) is 0 Å². The van der Waals surface area contributed by atoms with Gasteiger partial charge < -0.3 is 19.9 Å². The van der Waals surface area contributed by atoms with Gasteiger partial charge in [-0.2, -0.15) is 0 Å². The Morgan fingerprint density at radius 2 is 1.74 bits per heavy atom. The van der Waals surface area contributed by atoms with Gasteiger partial charge in [0.2, 0.25) is 5.78 Å². The van der Waals surface area contributed by atoms with Gasteiger partial charge in [-0.05, 0) is 50.1 Å². The van der Waals surface area contributed by atoms with Crippen molar-refractivity contribution in [3.8, 4) is 0 Å². The predicted octanol–water partition coefficient (Wildman–Crippen LogP) is 3.85. The van der Waals surface area contributed by atoms with E-state index >= 15 is 0 Å². The van der Waals surface area contributed by atoms with Gasteiger partial charge in [-0.1, -0.05) is 29.8 Å². The van der Waals surface area contributed by atoms with E-state index in [1.807, 2.05) is 13.0 Å². The Labute approximate surface area is 196 Å². The molecule has 0 spiro atoms. The first kappa shape index (κ1) is 23.0. The van der Waals surface area contributed by atoms with E-state index in [1.54, 1.807) is 41.3 Å². The molecule has 1 aliphatic heterocycles. The van der Waals surface area contributed by atoms with E-state index in [2.05, 4.69) is 10.3 Å². The van der Waals surface area contributed by atoms with Gasteiger partial charge >= 0.3 is 5.97 Å². The van der Waals surface area contributed by atoms with Crippen molar-refractivity contribution in [2.24, 2.45) is 0 Å². The number of rotatable bonds is 7. The summed E-state index contributed by atoms with van der Waals surface area (Å²) < 4.78 is 5.21. The van der Waals surface area contributed by atoms with Gasteiger partial charge in [-0.15, -0.1) is 0 Å². The highest BCUT2D eigenvalue weighted by Gasteiger charge is 2.22. The molecule has 0 aliphatic carbocycles. The molecule has 0 radical (unpaired) electrons. The van der Waals surface area contributed by atoms with Crippen molar-refractivity contribution in [1.82, 2.24) is 9.88 Å². The maximum Gasteiger partial charge on any atom is 0.340 e. The molecule has 0 saturated carbocycles. The number of H-pyrrole nitrogens is 1. The molecule has 8 heteroatoms. The standard InChI is InChI=1S/C26H25N3O5/c1-17-7-6-8-18(13-17)24(31)28-21-10-3-2-9-20(21)26(33)34-16-23(30)19-14-22(27-15-19)25(32)29-11-4-5-12-29/h2-3,6-10,13-15,27H,4-5,11-12,16H2,1H3,(H,28,31). The number of carbonyl (C=O) groups excluding carboxylic acids is 4. The zero-order valence-corrected chi connectivity index (χ0v) is 18.8. The lowest BCUT2D eigenvalue weighted by molar-refractivity contribution is 0.0475. The zero-order chi connectivity index (χ0) is 24.1. The number of amides is 2. The lowest BCUT2D eigenvalue weighted by Gasteiger charge is -2.13. The maximum atomic E-state index is 12.7. The Hall–Kier alpha value is -4.20. The first-order valence-electron chi connectivity index (χ1n) is 11.1. The van der Waals surface area contributed by atoms with Crippen LogP contribution in [0.1, 0.15) is 60.0 Å². The molecule has 8 nitrogen and oxygen atoms in total. The van der Waals surface area contributed by atoms with Gasteiger partial charge in [0.1, 0.15) is 5.69 Å². The van der Waals surface area contributed by atoms with Gasteiger partial charge in [-0.25, -0.2) is 4.79 Å². The Balaban J connectivity index is 1.38. The third-order valence-corrected chi connectivity index (χ3v) is 5.64. The molecule has 1 fully saturated rings. The Morgan fingerprint density at radius 3 is 2.50 bits per heavy atom. The van der Waals surface area contributed by atoms with Crippen LogP contribution >= 0.6 is 0 Å². The molecule has 2 heterocycles. The first-order chi connectivity index (χ1) is 16.4.